The Morgan fingerprint density at radius 2 is 0.771 bits per heavy atom. The highest BCUT2D eigenvalue weighted by Crippen LogP contribution is 2.61. The Labute approximate surface area is 482 Å². The molecule has 83 heavy (non-hydrogen) atoms. The van der Waals surface area contributed by atoms with Crippen LogP contribution in [0.1, 0.15) is 60.1 Å². The van der Waals surface area contributed by atoms with E-state index in [0.717, 1.165) is 120 Å². The Morgan fingerprint density at radius 3 is 1.30 bits per heavy atom. The molecule has 1 aliphatic rings. The van der Waals surface area contributed by atoms with Crippen LogP contribution in [0.4, 0.5) is 34.1 Å². The van der Waals surface area contributed by atoms with Crippen LogP contribution >= 0.6 is 0 Å². The molecule has 0 saturated heterocycles. The average molecular weight is 1070 g/mol. The standard InChI is InChI=1S/C79H58N2O2/c1-3-25-51-29-23-43-65-73-60-39-19-17-27-53(60)47-70(77(73)82-75(51)65)80(57-35-13-7-14-36-57)59-45-46-64-67(49-59)79(55-31-9-5-10-32-55,56-33-11-6-12-34-56)68-50-69(62-41-21-22-42-63(62)72(64)68)81(58-37-15-8-16-38-58)71-48-54-28-18-20-40-61(54)74-66-44-24-30-52(26-4-2)76(66)83-78(71)74/h5-24,27-50H,3-4,25-26H2,1-2H3. The van der Waals surface area contributed by atoms with Gasteiger partial charge in [0.2, 0.25) is 0 Å². The van der Waals surface area contributed by atoms with Crippen molar-refractivity contribution in [1.82, 2.24) is 0 Å². The fourth-order valence-electron chi connectivity index (χ4n) is 14.3. The van der Waals surface area contributed by atoms with Crippen LogP contribution in [0.15, 0.2) is 276 Å². The number of aryl methyl sites for hydroxylation is 2. The molecule has 0 spiro atoms. The summed E-state index contributed by atoms with van der Waals surface area (Å²) in [5.41, 5.74) is 18.7. The van der Waals surface area contributed by atoms with Crippen molar-refractivity contribution >= 4 is 110 Å². The summed E-state index contributed by atoms with van der Waals surface area (Å²) in [7, 11) is 0. The van der Waals surface area contributed by atoms with Crippen molar-refractivity contribution in [3.63, 3.8) is 0 Å². The van der Waals surface area contributed by atoms with Crippen LogP contribution in [0.3, 0.4) is 0 Å². The van der Waals surface area contributed by atoms with E-state index >= 15 is 0 Å². The minimum absolute atomic E-state index is 0.799. The van der Waals surface area contributed by atoms with Gasteiger partial charge in [-0.3, -0.25) is 0 Å². The van der Waals surface area contributed by atoms with E-state index in [0.29, 0.717) is 0 Å². The van der Waals surface area contributed by atoms with Gasteiger partial charge >= 0.3 is 0 Å². The van der Waals surface area contributed by atoms with Gasteiger partial charge in [0, 0.05) is 44.0 Å². The molecule has 0 unspecified atom stereocenters. The lowest BCUT2D eigenvalue weighted by Gasteiger charge is -2.36. The zero-order valence-corrected chi connectivity index (χ0v) is 46.4. The van der Waals surface area contributed by atoms with Crippen LogP contribution in [-0.4, -0.2) is 0 Å². The summed E-state index contributed by atoms with van der Waals surface area (Å²) in [4.78, 5) is 4.92. The van der Waals surface area contributed by atoms with E-state index in [1.54, 1.807) is 0 Å². The fraction of sp³-hybridized carbons (Fsp3) is 0.0886. The SMILES string of the molecule is CCCc1cccc2c1oc1c(N(c3ccccc3)c3ccc4c(c3)C(c3ccccc3)(c3ccccc3)c3cc(N(c5ccccc5)c5cc6ccccc6c6c5oc5c(CCC)cccc56)c5ccccc5c3-4)cc3ccccc3c12. The van der Waals surface area contributed by atoms with Gasteiger partial charge in [-0.1, -0.05) is 239 Å². The molecule has 4 heteroatoms. The number of hydrogen-bond donors (Lipinski definition) is 0. The number of hydrogen-bond acceptors (Lipinski definition) is 4. The van der Waals surface area contributed by atoms with Crippen molar-refractivity contribution in [2.24, 2.45) is 0 Å². The number of anilines is 6. The largest absolute Gasteiger partial charge is 0.454 e. The molecule has 0 aliphatic heterocycles. The average Bonchev–Trinajstić information content (AvgIpc) is 2.19. The maximum atomic E-state index is 7.37. The summed E-state index contributed by atoms with van der Waals surface area (Å²) in [6.45, 7) is 4.49. The molecule has 0 bridgehead atoms. The van der Waals surface area contributed by atoms with Gasteiger partial charge in [0.1, 0.15) is 11.2 Å². The quantitative estimate of drug-likeness (QED) is 0.122. The first-order chi connectivity index (χ1) is 41.1. The predicted molar refractivity (Wildman–Crippen MR) is 348 cm³/mol. The first kappa shape index (κ1) is 48.7. The summed E-state index contributed by atoms with van der Waals surface area (Å²) in [6, 6.07) is 98.7. The normalized spacial score (nSPS) is 12.7. The zero-order chi connectivity index (χ0) is 55.2. The topological polar surface area (TPSA) is 32.8 Å². The summed E-state index contributed by atoms with van der Waals surface area (Å²) in [5.74, 6) is 0. The molecule has 15 aromatic rings. The van der Waals surface area contributed by atoms with Gasteiger partial charge in [-0.05, 0) is 139 Å². The molecule has 13 aromatic carbocycles. The Bertz CT molecular complexity index is 4960. The number of nitrogens with zero attached hydrogens (tertiary/aromatic N) is 2. The van der Waals surface area contributed by atoms with Crippen molar-refractivity contribution in [1.29, 1.82) is 0 Å². The van der Waals surface area contributed by atoms with Crippen molar-refractivity contribution < 1.29 is 8.83 Å². The molecule has 0 atom stereocenters. The van der Waals surface area contributed by atoms with Crippen molar-refractivity contribution in [3.05, 3.63) is 300 Å². The van der Waals surface area contributed by atoms with Gasteiger partial charge in [-0.2, -0.15) is 0 Å². The van der Waals surface area contributed by atoms with Crippen LogP contribution in [0.25, 0.3) is 87.3 Å². The second kappa shape index (κ2) is 19.5. The van der Waals surface area contributed by atoms with Crippen LogP contribution in [0.2, 0.25) is 0 Å². The number of fused-ring (bicyclic) bond motifs is 15. The Balaban J connectivity index is 1.01. The third-order valence-electron chi connectivity index (χ3n) is 17.7. The number of furan rings is 2. The smallest absolute Gasteiger partial charge is 0.160 e. The molecule has 0 saturated carbocycles. The minimum atomic E-state index is -0.799. The first-order valence-corrected chi connectivity index (χ1v) is 29.4. The molecule has 2 heterocycles. The molecule has 0 amide bonds. The summed E-state index contributed by atoms with van der Waals surface area (Å²) in [5, 5.41) is 11.6. The van der Waals surface area contributed by atoms with Gasteiger partial charge in [-0.25, -0.2) is 0 Å². The zero-order valence-electron chi connectivity index (χ0n) is 46.4. The van der Waals surface area contributed by atoms with Crippen LogP contribution in [0.5, 0.6) is 0 Å². The van der Waals surface area contributed by atoms with Crippen molar-refractivity contribution in [2.45, 2.75) is 44.9 Å². The van der Waals surface area contributed by atoms with E-state index in [1.165, 1.54) is 60.7 Å². The maximum absolute atomic E-state index is 7.37. The molecule has 0 radical (unpaired) electrons. The van der Waals surface area contributed by atoms with Crippen molar-refractivity contribution in [3.8, 4) is 11.1 Å². The molecule has 16 rings (SSSR count). The van der Waals surface area contributed by atoms with Gasteiger partial charge in [0.05, 0.1) is 22.5 Å². The van der Waals surface area contributed by atoms with E-state index in [-0.39, 0.29) is 0 Å². The highest BCUT2D eigenvalue weighted by atomic mass is 16.3. The van der Waals surface area contributed by atoms with Gasteiger partial charge in [0.25, 0.3) is 0 Å². The van der Waals surface area contributed by atoms with Gasteiger partial charge < -0.3 is 18.6 Å². The molecule has 0 fully saturated rings. The molecule has 1 aliphatic carbocycles. The molecular weight excluding hydrogens is 1010 g/mol. The van der Waals surface area contributed by atoms with Crippen LogP contribution in [0, 0.1) is 0 Å². The van der Waals surface area contributed by atoms with E-state index in [1.807, 2.05) is 0 Å². The fourth-order valence-corrected chi connectivity index (χ4v) is 14.3. The third kappa shape index (κ3) is 7.38. The molecule has 0 N–H and O–H groups in total. The number of rotatable bonds is 12. The van der Waals surface area contributed by atoms with Crippen LogP contribution in [-0.2, 0) is 18.3 Å². The minimum Gasteiger partial charge on any atom is -0.454 e. The Kier molecular flexibility index (Phi) is 11.5. The molecular formula is C79H58N2O2. The summed E-state index contributed by atoms with van der Waals surface area (Å²) < 4.78 is 14.7. The predicted octanol–water partition coefficient (Wildman–Crippen LogP) is 22.2. The molecule has 4 nitrogen and oxygen atoms in total. The summed E-state index contributed by atoms with van der Waals surface area (Å²) >= 11 is 0. The monoisotopic (exact) mass is 1070 g/mol. The van der Waals surface area contributed by atoms with Gasteiger partial charge in [-0.15, -0.1) is 0 Å². The lowest BCUT2D eigenvalue weighted by Crippen LogP contribution is -2.29. The van der Waals surface area contributed by atoms with Crippen LogP contribution < -0.4 is 9.80 Å². The van der Waals surface area contributed by atoms with E-state index < -0.39 is 5.41 Å². The van der Waals surface area contributed by atoms with E-state index in [9.17, 15) is 0 Å². The lowest BCUT2D eigenvalue weighted by molar-refractivity contribution is 0.661. The lowest BCUT2D eigenvalue weighted by atomic mass is 9.67. The van der Waals surface area contributed by atoms with E-state index in [4.69, 9.17) is 8.83 Å². The first-order valence-electron chi connectivity index (χ1n) is 29.4. The van der Waals surface area contributed by atoms with Gasteiger partial charge in [0.15, 0.2) is 11.2 Å². The second-order valence-corrected chi connectivity index (χ2v) is 22.4. The van der Waals surface area contributed by atoms with E-state index in [2.05, 4.69) is 291 Å². The number of benzene rings is 13. The maximum Gasteiger partial charge on any atom is 0.160 e. The highest BCUT2D eigenvalue weighted by Gasteiger charge is 2.48. The Morgan fingerprint density at radius 1 is 0.325 bits per heavy atom. The Hall–Kier alpha value is -10.2. The molecule has 2 aromatic heterocycles. The number of para-hydroxylation sites is 4. The summed E-state index contributed by atoms with van der Waals surface area (Å²) in [6.07, 6.45) is 3.91. The second-order valence-electron chi connectivity index (χ2n) is 22.4. The highest BCUT2D eigenvalue weighted by molar-refractivity contribution is 6.25. The molecule has 396 valence electrons. The van der Waals surface area contributed by atoms with Crippen molar-refractivity contribution in [2.75, 3.05) is 9.80 Å². The third-order valence-corrected chi connectivity index (χ3v) is 17.7.